The van der Waals surface area contributed by atoms with E-state index < -0.39 is 0 Å². The quantitative estimate of drug-likeness (QED) is 0.909. The SMILES string of the molecule is Cc1ccccc1CN1CCN(C(=O)c2[nH]c3c(c2C)C(=O)CCC3)CC1. The van der Waals surface area contributed by atoms with Crippen LogP contribution in [0.2, 0.25) is 0 Å². The molecule has 1 amide bonds. The smallest absolute Gasteiger partial charge is 0.270 e. The number of nitrogens with one attached hydrogen (secondary N) is 1. The van der Waals surface area contributed by atoms with Crippen LogP contribution in [0.3, 0.4) is 0 Å². The molecular weight excluding hydrogens is 338 g/mol. The molecule has 0 saturated carbocycles. The topological polar surface area (TPSA) is 56.4 Å². The maximum atomic E-state index is 13.0. The van der Waals surface area contributed by atoms with Gasteiger partial charge in [-0.3, -0.25) is 14.5 Å². The zero-order valence-corrected chi connectivity index (χ0v) is 16.2. The maximum Gasteiger partial charge on any atom is 0.270 e. The van der Waals surface area contributed by atoms with Gasteiger partial charge in [0.2, 0.25) is 0 Å². The van der Waals surface area contributed by atoms with Gasteiger partial charge in [0.1, 0.15) is 5.69 Å². The fourth-order valence-corrected chi connectivity index (χ4v) is 4.28. The normalized spacial score (nSPS) is 17.9. The largest absolute Gasteiger partial charge is 0.354 e. The van der Waals surface area contributed by atoms with Gasteiger partial charge in [-0.1, -0.05) is 24.3 Å². The van der Waals surface area contributed by atoms with E-state index in [1.165, 1.54) is 11.1 Å². The summed E-state index contributed by atoms with van der Waals surface area (Å²) in [6.45, 7) is 8.17. The summed E-state index contributed by atoms with van der Waals surface area (Å²) < 4.78 is 0. The van der Waals surface area contributed by atoms with E-state index in [0.29, 0.717) is 12.1 Å². The van der Waals surface area contributed by atoms with Gasteiger partial charge in [0, 0.05) is 50.4 Å². The van der Waals surface area contributed by atoms with E-state index >= 15 is 0 Å². The molecule has 1 aromatic heterocycles. The molecule has 2 aliphatic rings. The van der Waals surface area contributed by atoms with Crippen LogP contribution in [0, 0.1) is 13.8 Å². The van der Waals surface area contributed by atoms with Crippen molar-refractivity contribution in [3.05, 3.63) is 57.9 Å². The van der Waals surface area contributed by atoms with E-state index in [4.69, 9.17) is 0 Å². The molecule has 2 aromatic rings. The third kappa shape index (κ3) is 3.44. The Kier molecular flexibility index (Phi) is 4.87. The van der Waals surface area contributed by atoms with Crippen molar-refractivity contribution in [2.45, 2.75) is 39.7 Å². The molecule has 0 bridgehead atoms. The first-order valence-corrected chi connectivity index (χ1v) is 9.85. The third-order valence-electron chi connectivity index (χ3n) is 5.97. The van der Waals surface area contributed by atoms with Gasteiger partial charge in [0.15, 0.2) is 5.78 Å². The van der Waals surface area contributed by atoms with E-state index in [0.717, 1.165) is 62.4 Å². The number of benzene rings is 1. The molecule has 1 aliphatic heterocycles. The number of fused-ring (bicyclic) bond motifs is 1. The monoisotopic (exact) mass is 365 g/mol. The molecule has 1 fully saturated rings. The number of amides is 1. The van der Waals surface area contributed by atoms with Gasteiger partial charge in [-0.15, -0.1) is 0 Å². The number of hydrogen-bond acceptors (Lipinski definition) is 3. The lowest BCUT2D eigenvalue weighted by atomic mass is 9.93. The first-order valence-electron chi connectivity index (χ1n) is 9.85. The van der Waals surface area contributed by atoms with Crippen molar-refractivity contribution in [1.82, 2.24) is 14.8 Å². The highest BCUT2D eigenvalue weighted by atomic mass is 16.2. The average Bonchev–Trinajstić information content (AvgIpc) is 3.01. The van der Waals surface area contributed by atoms with Crippen molar-refractivity contribution in [3.8, 4) is 0 Å². The highest BCUT2D eigenvalue weighted by Gasteiger charge is 2.29. The Labute approximate surface area is 160 Å². The Morgan fingerprint density at radius 2 is 1.81 bits per heavy atom. The molecule has 4 rings (SSSR count). The van der Waals surface area contributed by atoms with Gasteiger partial charge >= 0.3 is 0 Å². The summed E-state index contributed by atoms with van der Waals surface area (Å²) >= 11 is 0. The summed E-state index contributed by atoms with van der Waals surface area (Å²) in [5.41, 5.74) is 5.83. The van der Waals surface area contributed by atoms with Crippen molar-refractivity contribution in [3.63, 3.8) is 0 Å². The maximum absolute atomic E-state index is 13.0. The Morgan fingerprint density at radius 3 is 2.52 bits per heavy atom. The number of aryl methyl sites for hydroxylation is 2. The van der Waals surface area contributed by atoms with Crippen LogP contribution in [0.4, 0.5) is 0 Å². The van der Waals surface area contributed by atoms with E-state index in [-0.39, 0.29) is 11.7 Å². The lowest BCUT2D eigenvalue weighted by molar-refractivity contribution is 0.0622. The van der Waals surface area contributed by atoms with Crippen LogP contribution in [0.15, 0.2) is 24.3 Å². The number of carbonyl (C=O) groups is 2. The molecule has 0 atom stereocenters. The van der Waals surface area contributed by atoms with E-state index in [2.05, 4.69) is 41.1 Å². The van der Waals surface area contributed by atoms with Crippen LogP contribution in [0.5, 0.6) is 0 Å². The number of hydrogen-bond donors (Lipinski definition) is 1. The fourth-order valence-electron chi connectivity index (χ4n) is 4.28. The number of nitrogens with zero attached hydrogens (tertiary/aromatic N) is 2. The predicted octanol–water partition coefficient (Wildman–Crippen LogP) is 3.11. The summed E-state index contributed by atoms with van der Waals surface area (Å²) in [6.07, 6.45) is 2.33. The molecule has 1 N–H and O–H groups in total. The van der Waals surface area contributed by atoms with Crippen molar-refractivity contribution in [2.24, 2.45) is 0 Å². The van der Waals surface area contributed by atoms with Crippen LogP contribution in [-0.2, 0) is 13.0 Å². The van der Waals surface area contributed by atoms with Crippen LogP contribution < -0.4 is 0 Å². The molecule has 0 unspecified atom stereocenters. The van der Waals surface area contributed by atoms with Crippen molar-refractivity contribution >= 4 is 11.7 Å². The molecule has 142 valence electrons. The van der Waals surface area contributed by atoms with Crippen molar-refractivity contribution in [2.75, 3.05) is 26.2 Å². The van der Waals surface area contributed by atoms with Gasteiger partial charge in [-0.2, -0.15) is 0 Å². The highest BCUT2D eigenvalue weighted by Crippen LogP contribution is 2.27. The van der Waals surface area contributed by atoms with Crippen LogP contribution in [0.25, 0.3) is 0 Å². The Morgan fingerprint density at radius 1 is 1.07 bits per heavy atom. The van der Waals surface area contributed by atoms with E-state index in [1.54, 1.807) is 0 Å². The molecule has 1 saturated heterocycles. The molecule has 5 heteroatoms. The van der Waals surface area contributed by atoms with Gasteiger partial charge in [0.05, 0.1) is 0 Å². The number of carbonyl (C=O) groups excluding carboxylic acids is 2. The van der Waals surface area contributed by atoms with Crippen molar-refractivity contribution in [1.29, 1.82) is 0 Å². The van der Waals surface area contributed by atoms with Crippen LogP contribution >= 0.6 is 0 Å². The summed E-state index contributed by atoms with van der Waals surface area (Å²) in [7, 11) is 0. The number of H-pyrrole nitrogens is 1. The fraction of sp³-hybridized carbons (Fsp3) is 0.455. The van der Waals surface area contributed by atoms with Crippen molar-refractivity contribution < 1.29 is 9.59 Å². The first kappa shape index (κ1) is 18.0. The standard InChI is InChI=1S/C22H27N3O2/c1-15-6-3-4-7-17(15)14-24-10-12-25(13-11-24)22(27)21-16(2)20-18(23-21)8-5-9-19(20)26/h3-4,6-7,23H,5,8-14H2,1-2H3. The van der Waals surface area contributed by atoms with E-state index in [1.807, 2.05) is 11.8 Å². The Bertz CT molecular complexity index is 876. The number of ketones is 1. The summed E-state index contributed by atoms with van der Waals surface area (Å²) in [5.74, 6) is 0.206. The minimum Gasteiger partial charge on any atom is -0.354 e. The second-order valence-corrected chi connectivity index (χ2v) is 7.75. The second kappa shape index (κ2) is 7.31. The number of aromatic nitrogens is 1. The van der Waals surface area contributed by atoms with Gasteiger partial charge in [-0.25, -0.2) is 0 Å². The predicted molar refractivity (Wildman–Crippen MR) is 105 cm³/mol. The Hall–Kier alpha value is -2.40. The second-order valence-electron chi connectivity index (χ2n) is 7.75. The van der Waals surface area contributed by atoms with Crippen LogP contribution in [0.1, 0.15) is 56.1 Å². The Balaban J connectivity index is 1.42. The highest BCUT2D eigenvalue weighted by molar-refractivity contribution is 6.04. The zero-order chi connectivity index (χ0) is 19.0. The molecule has 27 heavy (non-hydrogen) atoms. The lowest BCUT2D eigenvalue weighted by Gasteiger charge is -2.35. The third-order valence-corrected chi connectivity index (χ3v) is 5.97. The van der Waals surface area contributed by atoms with E-state index in [9.17, 15) is 9.59 Å². The summed E-state index contributed by atoms with van der Waals surface area (Å²) in [6, 6.07) is 8.47. The van der Waals surface area contributed by atoms with Gasteiger partial charge in [0.25, 0.3) is 5.91 Å². The summed E-state index contributed by atoms with van der Waals surface area (Å²) in [4.78, 5) is 32.8. The van der Waals surface area contributed by atoms with Gasteiger partial charge in [-0.05, 0) is 43.4 Å². The molecule has 0 radical (unpaired) electrons. The molecule has 0 spiro atoms. The number of piperazine rings is 1. The minimum atomic E-state index is 0.0326. The molecule has 1 aliphatic carbocycles. The summed E-state index contributed by atoms with van der Waals surface area (Å²) in [5, 5.41) is 0. The molecule has 5 nitrogen and oxygen atoms in total. The van der Waals surface area contributed by atoms with Gasteiger partial charge < -0.3 is 9.88 Å². The first-order chi connectivity index (χ1) is 13.0. The average molecular weight is 365 g/mol. The number of rotatable bonds is 3. The molecule has 2 heterocycles. The number of Topliss-reactive ketones (excluding diaryl/α,β-unsaturated/α-hetero) is 1. The minimum absolute atomic E-state index is 0.0326. The van der Waals surface area contributed by atoms with Crippen LogP contribution in [-0.4, -0.2) is 52.7 Å². The zero-order valence-electron chi connectivity index (χ0n) is 16.2. The lowest BCUT2D eigenvalue weighted by Crippen LogP contribution is -2.48. The molecule has 1 aromatic carbocycles. The number of aromatic amines is 1. The molecular formula is C22H27N3O2.